The molecular weight excluding hydrogens is 300 g/mol. The van der Waals surface area contributed by atoms with Gasteiger partial charge in [0.15, 0.2) is 0 Å². The van der Waals surface area contributed by atoms with Crippen molar-refractivity contribution in [3.05, 3.63) is 53.6 Å². The van der Waals surface area contributed by atoms with Gasteiger partial charge in [-0.25, -0.2) is 0 Å². The molecule has 22 heavy (non-hydrogen) atoms. The van der Waals surface area contributed by atoms with Crippen LogP contribution in [-0.4, -0.2) is 19.6 Å². The highest BCUT2D eigenvalue weighted by atomic mass is 35.5. The van der Waals surface area contributed by atoms with Crippen LogP contribution < -0.4 is 15.4 Å². The third-order valence-electron chi connectivity index (χ3n) is 3.65. The van der Waals surface area contributed by atoms with Crippen LogP contribution in [0.3, 0.4) is 0 Å². The summed E-state index contributed by atoms with van der Waals surface area (Å²) >= 11 is 0. The first-order valence-electron chi connectivity index (χ1n) is 7.09. The first-order valence-corrected chi connectivity index (χ1v) is 7.09. The molecule has 0 saturated carbocycles. The van der Waals surface area contributed by atoms with Gasteiger partial charge in [-0.1, -0.05) is 12.1 Å². The smallest absolute Gasteiger partial charge is 0.259 e. The van der Waals surface area contributed by atoms with Crippen molar-refractivity contribution >= 4 is 29.7 Å². The van der Waals surface area contributed by atoms with Gasteiger partial charge < -0.3 is 15.4 Å². The van der Waals surface area contributed by atoms with Crippen molar-refractivity contribution in [3.63, 3.8) is 0 Å². The van der Waals surface area contributed by atoms with Crippen LogP contribution in [0.15, 0.2) is 42.5 Å². The van der Waals surface area contributed by atoms with Crippen molar-refractivity contribution in [1.82, 2.24) is 0 Å². The molecule has 2 aromatic carbocycles. The molecule has 5 heteroatoms. The Bertz CT molecular complexity index is 673. The minimum absolute atomic E-state index is 0. The van der Waals surface area contributed by atoms with E-state index in [2.05, 4.69) is 10.6 Å². The molecule has 1 amide bonds. The number of para-hydroxylation sites is 1. The van der Waals surface area contributed by atoms with Gasteiger partial charge in [-0.15, -0.1) is 12.4 Å². The molecule has 2 N–H and O–H groups in total. The molecule has 3 rings (SSSR count). The van der Waals surface area contributed by atoms with Gasteiger partial charge in [-0.2, -0.15) is 0 Å². The van der Waals surface area contributed by atoms with Gasteiger partial charge in [-0.3, -0.25) is 4.79 Å². The Morgan fingerprint density at radius 3 is 2.86 bits per heavy atom. The summed E-state index contributed by atoms with van der Waals surface area (Å²) in [4.78, 5) is 12.4. The second-order valence-electron chi connectivity index (χ2n) is 5.06. The first kappa shape index (κ1) is 16.2. The summed E-state index contributed by atoms with van der Waals surface area (Å²) in [5, 5.41) is 6.30. The summed E-state index contributed by atoms with van der Waals surface area (Å²) in [5.41, 5.74) is 3.76. The van der Waals surface area contributed by atoms with Crippen molar-refractivity contribution in [2.45, 2.75) is 12.8 Å². The molecule has 0 unspecified atom stereocenters. The number of hydrogen-bond acceptors (Lipinski definition) is 3. The van der Waals surface area contributed by atoms with E-state index in [1.807, 2.05) is 30.3 Å². The third kappa shape index (κ3) is 3.34. The lowest BCUT2D eigenvalue weighted by Crippen LogP contribution is -2.15. The Morgan fingerprint density at radius 2 is 2.05 bits per heavy atom. The minimum Gasteiger partial charge on any atom is -0.496 e. The molecule has 0 fully saturated rings. The number of carbonyl (C=O) groups excluding carboxylic acids is 1. The fourth-order valence-electron chi connectivity index (χ4n) is 2.58. The van der Waals surface area contributed by atoms with E-state index in [1.165, 1.54) is 5.56 Å². The molecule has 0 aliphatic carbocycles. The zero-order valence-electron chi connectivity index (χ0n) is 12.4. The Labute approximate surface area is 136 Å². The SMILES string of the molecule is COc1ccccc1C(=O)Nc1ccc2c(c1)CCCN2.Cl. The third-order valence-corrected chi connectivity index (χ3v) is 3.65. The van der Waals surface area contributed by atoms with E-state index in [9.17, 15) is 4.79 Å². The summed E-state index contributed by atoms with van der Waals surface area (Å²) < 4.78 is 5.22. The standard InChI is InChI=1S/C17H18N2O2.ClH/c1-21-16-7-3-2-6-14(16)17(20)19-13-8-9-15-12(11-13)5-4-10-18-15;/h2-3,6-9,11,18H,4-5,10H2,1H3,(H,19,20);1H. The lowest BCUT2D eigenvalue weighted by molar-refractivity contribution is 0.102. The van der Waals surface area contributed by atoms with Gasteiger partial charge in [0.05, 0.1) is 12.7 Å². The van der Waals surface area contributed by atoms with Crippen LogP contribution in [0.4, 0.5) is 11.4 Å². The van der Waals surface area contributed by atoms with Crippen LogP contribution in [0.5, 0.6) is 5.75 Å². The molecule has 1 aliphatic heterocycles. The highest BCUT2D eigenvalue weighted by Gasteiger charge is 2.13. The van der Waals surface area contributed by atoms with Crippen molar-refractivity contribution in [3.8, 4) is 5.75 Å². The maximum Gasteiger partial charge on any atom is 0.259 e. The van der Waals surface area contributed by atoms with E-state index >= 15 is 0 Å². The quantitative estimate of drug-likeness (QED) is 0.906. The normalized spacial score (nSPS) is 12.4. The van der Waals surface area contributed by atoms with E-state index in [0.29, 0.717) is 11.3 Å². The molecule has 0 aromatic heterocycles. The molecule has 116 valence electrons. The molecule has 1 heterocycles. The molecule has 2 aromatic rings. The summed E-state index contributed by atoms with van der Waals surface area (Å²) in [6, 6.07) is 13.2. The molecule has 0 atom stereocenters. The Balaban J connectivity index is 0.00000176. The predicted molar refractivity (Wildman–Crippen MR) is 91.4 cm³/mol. The van der Waals surface area contributed by atoms with Gasteiger partial charge in [-0.05, 0) is 48.7 Å². The molecular formula is C17H19ClN2O2. The number of carbonyl (C=O) groups is 1. The van der Waals surface area contributed by atoms with Crippen LogP contribution in [0.25, 0.3) is 0 Å². The molecule has 0 spiro atoms. The monoisotopic (exact) mass is 318 g/mol. The number of hydrogen-bond donors (Lipinski definition) is 2. The van der Waals surface area contributed by atoms with Crippen LogP contribution in [0.2, 0.25) is 0 Å². The molecule has 0 bridgehead atoms. The predicted octanol–water partition coefficient (Wildman–Crippen LogP) is 3.73. The van der Waals surface area contributed by atoms with Gasteiger partial charge in [0, 0.05) is 17.9 Å². The van der Waals surface area contributed by atoms with E-state index in [4.69, 9.17) is 4.74 Å². The molecule has 4 nitrogen and oxygen atoms in total. The minimum atomic E-state index is -0.156. The average molecular weight is 319 g/mol. The maximum absolute atomic E-state index is 12.4. The van der Waals surface area contributed by atoms with E-state index in [0.717, 1.165) is 30.8 Å². The molecule has 1 aliphatic rings. The van der Waals surface area contributed by atoms with Gasteiger partial charge in [0.1, 0.15) is 5.75 Å². The average Bonchev–Trinajstić information content (AvgIpc) is 2.54. The number of anilines is 2. The van der Waals surface area contributed by atoms with Crippen molar-refractivity contribution < 1.29 is 9.53 Å². The Hall–Kier alpha value is -2.20. The summed E-state index contributed by atoms with van der Waals surface area (Å²) in [6.45, 7) is 1.01. The van der Waals surface area contributed by atoms with Gasteiger partial charge >= 0.3 is 0 Å². The van der Waals surface area contributed by atoms with Crippen LogP contribution in [0, 0.1) is 0 Å². The number of benzene rings is 2. The highest BCUT2D eigenvalue weighted by molar-refractivity contribution is 6.06. The van der Waals surface area contributed by atoms with E-state index in [1.54, 1.807) is 19.2 Å². The highest BCUT2D eigenvalue weighted by Crippen LogP contribution is 2.26. The zero-order valence-corrected chi connectivity index (χ0v) is 13.2. The fraction of sp³-hybridized carbons (Fsp3) is 0.235. The number of ether oxygens (including phenoxy) is 1. The number of rotatable bonds is 3. The Morgan fingerprint density at radius 1 is 1.23 bits per heavy atom. The van der Waals surface area contributed by atoms with Crippen LogP contribution in [0.1, 0.15) is 22.3 Å². The maximum atomic E-state index is 12.4. The molecule has 0 radical (unpaired) electrons. The van der Waals surface area contributed by atoms with E-state index in [-0.39, 0.29) is 18.3 Å². The lowest BCUT2D eigenvalue weighted by Gasteiger charge is -2.19. The number of fused-ring (bicyclic) bond motifs is 1. The first-order chi connectivity index (χ1) is 10.3. The van der Waals surface area contributed by atoms with Crippen molar-refractivity contribution in [2.24, 2.45) is 0 Å². The van der Waals surface area contributed by atoms with Crippen LogP contribution in [-0.2, 0) is 6.42 Å². The number of halogens is 1. The van der Waals surface area contributed by atoms with E-state index < -0.39 is 0 Å². The summed E-state index contributed by atoms with van der Waals surface area (Å²) in [6.07, 6.45) is 2.16. The van der Waals surface area contributed by atoms with Crippen LogP contribution >= 0.6 is 12.4 Å². The summed E-state index contributed by atoms with van der Waals surface area (Å²) in [5.74, 6) is 0.422. The Kier molecular flexibility index (Phi) is 5.28. The van der Waals surface area contributed by atoms with Gasteiger partial charge in [0.2, 0.25) is 0 Å². The fourth-order valence-corrected chi connectivity index (χ4v) is 2.58. The van der Waals surface area contributed by atoms with Crippen molar-refractivity contribution in [1.29, 1.82) is 0 Å². The topological polar surface area (TPSA) is 50.4 Å². The summed E-state index contributed by atoms with van der Waals surface area (Å²) in [7, 11) is 1.57. The van der Waals surface area contributed by atoms with Gasteiger partial charge in [0.25, 0.3) is 5.91 Å². The van der Waals surface area contributed by atoms with Crippen molar-refractivity contribution in [2.75, 3.05) is 24.3 Å². The number of amides is 1. The zero-order chi connectivity index (χ0) is 14.7. The second kappa shape index (κ2) is 7.18. The number of nitrogens with one attached hydrogen (secondary N) is 2. The second-order valence-corrected chi connectivity index (χ2v) is 5.06. The number of aryl methyl sites for hydroxylation is 1. The largest absolute Gasteiger partial charge is 0.496 e. The molecule has 0 saturated heterocycles. The lowest BCUT2D eigenvalue weighted by atomic mass is 10.0. The number of methoxy groups -OCH3 is 1.